The number of hydrogen-bond acceptors (Lipinski definition) is 4. The minimum atomic E-state index is -0.877. The van der Waals surface area contributed by atoms with Crippen molar-refractivity contribution in [3.05, 3.63) is 70.2 Å². The number of aryl methyl sites for hydroxylation is 1. The SMILES string of the molecule is CC(C)S(=O)CC1(C2CCCCC2)CCN(C(=O)[C@@H](Cc2ccc(Cl)cc2)NC(=O)CCc2ccccc2CN)CC1.CCC. The van der Waals surface area contributed by atoms with Crippen LogP contribution in [0.4, 0.5) is 0 Å². The van der Waals surface area contributed by atoms with E-state index in [1.807, 2.05) is 67.3 Å². The minimum absolute atomic E-state index is 0.0254. The Morgan fingerprint density at radius 3 is 2.18 bits per heavy atom. The highest BCUT2D eigenvalue weighted by Gasteiger charge is 2.44. The molecule has 4 rings (SSSR count). The van der Waals surface area contributed by atoms with Crippen LogP contribution < -0.4 is 11.1 Å². The number of piperidine rings is 1. The van der Waals surface area contributed by atoms with Crippen LogP contribution in [0, 0.1) is 11.3 Å². The van der Waals surface area contributed by atoms with Gasteiger partial charge in [-0.15, -0.1) is 0 Å². The average molecular weight is 658 g/mol. The van der Waals surface area contributed by atoms with Gasteiger partial charge in [-0.1, -0.05) is 101 Å². The van der Waals surface area contributed by atoms with E-state index < -0.39 is 16.8 Å². The number of rotatable bonds is 12. The first-order chi connectivity index (χ1) is 21.6. The predicted octanol–water partition coefficient (Wildman–Crippen LogP) is 7.22. The zero-order valence-corrected chi connectivity index (χ0v) is 29.6. The van der Waals surface area contributed by atoms with Crippen LogP contribution in [0.15, 0.2) is 48.5 Å². The van der Waals surface area contributed by atoms with E-state index in [2.05, 4.69) is 19.2 Å². The number of likely N-dealkylation sites (tertiary alicyclic amines) is 1. The highest BCUT2D eigenvalue weighted by molar-refractivity contribution is 7.85. The van der Waals surface area contributed by atoms with Crippen molar-refractivity contribution in [3.63, 3.8) is 0 Å². The molecule has 2 aromatic carbocycles. The molecule has 0 radical (unpaired) electrons. The quantitative estimate of drug-likeness (QED) is 0.252. The first-order valence-electron chi connectivity index (χ1n) is 17.1. The summed E-state index contributed by atoms with van der Waals surface area (Å²) in [6.45, 7) is 10.0. The topological polar surface area (TPSA) is 92.5 Å². The normalized spacial score (nSPS) is 18.1. The third kappa shape index (κ3) is 11.2. The standard InChI is InChI=1S/C34H48ClN3O3S.C3H8/c1-25(2)42(41)24-34(29-10-4-3-5-11-29)18-20-38(21-19-34)33(40)31(22-26-12-15-30(35)16-13-26)37-32(39)17-14-27-8-6-7-9-28(27)23-36;1-3-2/h6-9,12-13,15-16,25,29,31H,3-5,10-11,14,17-24,36H2,1-2H3,(H,37,39);3H2,1-2H3/t31-,42?;/m1./s1. The lowest BCUT2D eigenvalue weighted by molar-refractivity contribution is -0.139. The van der Waals surface area contributed by atoms with Gasteiger partial charge in [-0.2, -0.15) is 0 Å². The van der Waals surface area contributed by atoms with Gasteiger partial charge in [-0.25, -0.2) is 0 Å². The van der Waals surface area contributed by atoms with Crippen molar-refractivity contribution >= 4 is 34.2 Å². The monoisotopic (exact) mass is 657 g/mol. The van der Waals surface area contributed by atoms with E-state index in [9.17, 15) is 13.8 Å². The maximum atomic E-state index is 14.0. The second-order valence-electron chi connectivity index (χ2n) is 13.2. The largest absolute Gasteiger partial charge is 0.344 e. The molecule has 0 spiro atoms. The second kappa shape index (κ2) is 18.8. The number of nitrogens with zero attached hydrogens (tertiary/aromatic N) is 1. The van der Waals surface area contributed by atoms with Crippen molar-refractivity contribution in [2.24, 2.45) is 17.1 Å². The molecule has 2 fully saturated rings. The molecule has 0 bridgehead atoms. The van der Waals surface area contributed by atoms with Crippen molar-refractivity contribution in [1.82, 2.24) is 10.2 Å². The molecule has 1 saturated heterocycles. The summed E-state index contributed by atoms with van der Waals surface area (Å²) in [6, 6.07) is 14.7. The van der Waals surface area contributed by atoms with E-state index in [1.165, 1.54) is 38.5 Å². The van der Waals surface area contributed by atoms with Gasteiger partial charge < -0.3 is 16.0 Å². The maximum Gasteiger partial charge on any atom is 0.245 e. The van der Waals surface area contributed by atoms with Crippen LogP contribution in [0.3, 0.4) is 0 Å². The van der Waals surface area contributed by atoms with Gasteiger partial charge in [0.15, 0.2) is 0 Å². The van der Waals surface area contributed by atoms with Gasteiger partial charge in [0.05, 0.1) is 0 Å². The number of carbonyl (C=O) groups excluding carboxylic acids is 2. The van der Waals surface area contributed by atoms with Crippen LogP contribution in [-0.4, -0.2) is 51.1 Å². The summed E-state index contributed by atoms with van der Waals surface area (Å²) in [6.07, 6.45) is 10.4. The highest BCUT2D eigenvalue weighted by Crippen LogP contribution is 2.46. The van der Waals surface area contributed by atoms with Gasteiger partial charge in [0.1, 0.15) is 6.04 Å². The van der Waals surface area contributed by atoms with E-state index >= 15 is 0 Å². The lowest BCUT2D eigenvalue weighted by Gasteiger charge is -2.48. The summed E-state index contributed by atoms with van der Waals surface area (Å²) < 4.78 is 13.1. The van der Waals surface area contributed by atoms with E-state index in [0.29, 0.717) is 43.4 Å². The van der Waals surface area contributed by atoms with Crippen molar-refractivity contribution in [3.8, 4) is 0 Å². The first-order valence-corrected chi connectivity index (χ1v) is 18.8. The smallest absolute Gasteiger partial charge is 0.245 e. The Morgan fingerprint density at radius 1 is 1.00 bits per heavy atom. The molecule has 2 atom stereocenters. The van der Waals surface area contributed by atoms with Crippen LogP contribution in [0.1, 0.15) is 102 Å². The van der Waals surface area contributed by atoms with Crippen LogP contribution in [0.2, 0.25) is 5.02 Å². The molecule has 8 heteroatoms. The summed E-state index contributed by atoms with van der Waals surface area (Å²) >= 11 is 6.11. The second-order valence-corrected chi connectivity index (χ2v) is 15.7. The maximum absolute atomic E-state index is 14.0. The molecule has 3 N–H and O–H groups in total. The molecule has 2 aromatic rings. The Bertz CT molecular complexity index is 1220. The predicted molar refractivity (Wildman–Crippen MR) is 189 cm³/mol. The van der Waals surface area contributed by atoms with Gasteiger partial charge in [-0.3, -0.25) is 13.8 Å². The highest BCUT2D eigenvalue weighted by atomic mass is 35.5. The lowest BCUT2D eigenvalue weighted by atomic mass is 9.65. The molecule has 6 nitrogen and oxygen atoms in total. The van der Waals surface area contributed by atoms with Crippen molar-refractivity contribution in [2.75, 3.05) is 18.8 Å². The minimum Gasteiger partial charge on any atom is -0.344 e. The molecule has 2 amide bonds. The fourth-order valence-corrected chi connectivity index (χ4v) is 8.35. The molecule has 1 unspecified atom stereocenters. The molecule has 250 valence electrons. The number of halogens is 1. The van der Waals surface area contributed by atoms with E-state index in [4.69, 9.17) is 17.3 Å². The van der Waals surface area contributed by atoms with Crippen LogP contribution in [0.25, 0.3) is 0 Å². The summed E-state index contributed by atoms with van der Waals surface area (Å²) in [4.78, 5) is 29.1. The van der Waals surface area contributed by atoms with Crippen molar-refractivity contribution < 1.29 is 13.8 Å². The third-order valence-corrected chi connectivity index (χ3v) is 11.6. The molecule has 1 saturated carbocycles. The number of amides is 2. The van der Waals surface area contributed by atoms with Gasteiger partial charge in [-0.05, 0) is 72.3 Å². The summed E-state index contributed by atoms with van der Waals surface area (Å²) in [5.74, 6) is 1.12. The van der Waals surface area contributed by atoms with Gasteiger partial charge in [0.25, 0.3) is 0 Å². The molecule has 1 aliphatic carbocycles. The fraction of sp³-hybridized carbons (Fsp3) is 0.622. The number of carbonyl (C=O) groups is 2. The van der Waals surface area contributed by atoms with Crippen molar-refractivity contribution in [2.45, 2.75) is 116 Å². The van der Waals surface area contributed by atoms with E-state index in [1.54, 1.807) is 0 Å². The first kappa shape index (κ1) is 37.2. The van der Waals surface area contributed by atoms with Crippen molar-refractivity contribution in [1.29, 1.82) is 0 Å². The molecule has 1 heterocycles. The van der Waals surface area contributed by atoms with E-state index in [0.717, 1.165) is 35.3 Å². The summed E-state index contributed by atoms with van der Waals surface area (Å²) in [5, 5.41) is 3.85. The zero-order valence-electron chi connectivity index (χ0n) is 28.0. The molecule has 1 aliphatic heterocycles. The van der Waals surface area contributed by atoms with Crippen LogP contribution in [-0.2, 0) is 39.8 Å². The Labute approximate surface area is 279 Å². The van der Waals surface area contributed by atoms with Gasteiger partial charge in [0, 0.05) is 59.3 Å². The summed E-state index contributed by atoms with van der Waals surface area (Å²) in [7, 11) is -0.877. The van der Waals surface area contributed by atoms with Gasteiger partial charge >= 0.3 is 0 Å². The zero-order chi connectivity index (χ0) is 32.8. The van der Waals surface area contributed by atoms with Gasteiger partial charge in [0.2, 0.25) is 11.8 Å². The average Bonchev–Trinajstić information content (AvgIpc) is 3.05. The summed E-state index contributed by atoms with van der Waals surface area (Å²) in [5.41, 5.74) is 8.96. The Morgan fingerprint density at radius 2 is 1.60 bits per heavy atom. The fourth-order valence-electron chi connectivity index (χ4n) is 6.80. The number of benzene rings is 2. The third-order valence-electron chi connectivity index (χ3n) is 9.44. The number of nitrogens with two attached hydrogens (primary N) is 1. The molecular weight excluding hydrogens is 602 g/mol. The van der Waals surface area contributed by atoms with Crippen LogP contribution in [0.5, 0.6) is 0 Å². The Kier molecular flexibility index (Phi) is 15.6. The molecule has 45 heavy (non-hydrogen) atoms. The molecule has 2 aliphatic rings. The van der Waals surface area contributed by atoms with E-state index in [-0.39, 0.29) is 28.9 Å². The molecule has 0 aromatic heterocycles. The molecular formula is C37H56ClN3O3S. The number of hydrogen-bond donors (Lipinski definition) is 2. The van der Waals surface area contributed by atoms with Crippen LogP contribution >= 0.6 is 11.6 Å². The number of nitrogens with one attached hydrogen (secondary N) is 1. The Hall–Kier alpha value is -2.22. The lowest BCUT2D eigenvalue weighted by Crippen LogP contribution is -2.55. The Balaban J connectivity index is 0.00000177.